The summed E-state index contributed by atoms with van der Waals surface area (Å²) in [4.78, 5) is 39.3. The van der Waals surface area contributed by atoms with E-state index >= 15 is 0 Å². The lowest BCUT2D eigenvalue weighted by Gasteiger charge is -2.25. The van der Waals surface area contributed by atoms with Gasteiger partial charge in [-0.05, 0) is 19.5 Å². The van der Waals surface area contributed by atoms with Crippen molar-refractivity contribution >= 4 is 25.1 Å². The minimum atomic E-state index is -1.28. The summed E-state index contributed by atoms with van der Waals surface area (Å²) < 4.78 is 10.3. The summed E-state index contributed by atoms with van der Waals surface area (Å²) >= 11 is 0. The van der Waals surface area contributed by atoms with Crippen molar-refractivity contribution in [3.8, 4) is 0 Å². The number of aryl methyl sites for hydroxylation is 1. The summed E-state index contributed by atoms with van der Waals surface area (Å²) in [5.74, 6) is -2.05. The average molecular weight is 302 g/mol. The van der Waals surface area contributed by atoms with Crippen LogP contribution in [0.2, 0.25) is 0 Å². The number of hydrogen-bond donors (Lipinski definition) is 0. The van der Waals surface area contributed by atoms with Crippen molar-refractivity contribution in [1.29, 1.82) is 0 Å². The maximum absolute atomic E-state index is 11.8. The smallest absolute Gasteiger partial charge is 0.497 e. The Kier molecular flexibility index (Phi) is 5.09. The van der Waals surface area contributed by atoms with E-state index in [0.717, 1.165) is 5.56 Å². The molecule has 1 saturated heterocycles. The van der Waals surface area contributed by atoms with Gasteiger partial charge in [-0.15, -0.1) is 0 Å². The molecular weight excluding hydrogens is 287 g/mol. The standard InChI is InChI=1S/C14H15BN2O5/c1-10-3-5-11(6-4-10)14(16-9-18)15-21-12(19)7-17(2)8-13(20)22-15/h3-6,14H,7-8H2,1-2H3. The lowest BCUT2D eigenvalue weighted by molar-refractivity contribution is -0.145. The zero-order chi connectivity index (χ0) is 16.1. The molecule has 1 aliphatic heterocycles. The van der Waals surface area contributed by atoms with Gasteiger partial charge in [0.15, 0.2) is 5.94 Å². The molecule has 1 unspecified atom stereocenters. The molecule has 0 radical (unpaired) electrons. The number of isocyanates is 1. The van der Waals surface area contributed by atoms with Crippen molar-refractivity contribution in [1.82, 2.24) is 4.90 Å². The Hall–Kier alpha value is -2.44. The Labute approximate surface area is 128 Å². The van der Waals surface area contributed by atoms with E-state index in [0.29, 0.717) is 5.56 Å². The Balaban J connectivity index is 2.29. The number of benzene rings is 1. The molecule has 2 rings (SSSR count). The predicted octanol–water partition coefficient (Wildman–Crippen LogP) is 0.431. The number of carbonyl (C=O) groups is 2. The molecule has 0 N–H and O–H groups in total. The SMILES string of the molecule is Cc1ccc(C(N=C=O)B2OC(=O)CN(C)CC(=O)O2)cc1. The average Bonchev–Trinajstić information content (AvgIpc) is 2.43. The normalized spacial score (nSPS) is 17.6. The van der Waals surface area contributed by atoms with E-state index in [9.17, 15) is 14.4 Å². The van der Waals surface area contributed by atoms with E-state index < -0.39 is 25.0 Å². The highest BCUT2D eigenvalue weighted by atomic mass is 16.6. The van der Waals surface area contributed by atoms with Crippen LogP contribution in [-0.4, -0.2) is 50.2 Å². The maximum atomic E-state index is 11.8. The first-order valence-corrected chi connectivity index (χ1v) is 6.70. The topological polar surface area (TPSA) is 85.3 Å². The fourth-order valence-electron chi connectivity index (χ4n) is 2.10. The van der Waals surface area contributed by atoms with Gasteiger partial charge in [-0.2, -0.15) is 4.99 Å². The Morgan fingerprint density at radius 2 is 1.73 bits per heavy atom. The van der Waals surface area contributed by atoms with Gasteiger partial charge in [0, 0.05) is 0 Å². The van der Waals surface area contributed by atoms with Crippen LogP contribution >= 0.6 is 0 Å². The molecule has 1 aromatic rings. The summed E-state index contributed by atoms with van der Waals surface area (Å²) in [6, 6.07) is 7.10. The minimum absolute atomic E-state index is 0.0446. The van der Waals surface area contributed by atoms with Gasteiger partial charge in [-0.25, -0.2) is 4.79 Å². The molecule has 0 saturated carbocycles. The van der Waals surface area contributed by atoms with Crippen LogP contribution in [0.4, 0.5) is 0 Å². The summed E-state index contributed by atoms with van der Waals surface area (Å²) in [5, 5.41) is 0. The van der Waals surface area contributed by atoms with Crippen LogP contribution in [0.3, 0.4) is 0 Å². The van der Waals surface area contributed by atoms with Crippen molar-refractivity contribution < 1.29 is 23.7 Å². The van der Waals surface area contributed by atoms with Gasteiger partial charge in [0.05, 0.1) is 13.1 Å². The number of rotatable bonds is 3. The third-order valence-electron chi connectivity index (χ3n) is 3.16. The highest BCUT2D eigenvalue weighted by Crippen LogP contribution is 2.23. The van der Waals surface area contributed by atoms with E-state index in [2.05, 4.69) is 4.99 Å². The number of likely N-dealkylation sites (N-methyl/N-ethyl adjacent to an activating group) is 1. The fraction of sp³-hybridized carbons (Fsp3) is 0.357. The highest BCUT2D eigenvalue weighted by molar-refractivity contribution is 6.51. The van der Waals surface area contributed by atoms with E-state index in [1.807, 2.05) is 19.1 Å². The Bertz CT molecular complexity index is 592. The van der Waals surface area contributed by atoms with Crippen molar-refractivity contribution in [2.75, 3.05) is 20.1 Å². The van der Waals surface area contributed by atoms with Crippen LogP contribution in [0, 0.1) is 6.92 Å². The molecule has 1 atom stereocenters. The number of carbonyl (C=O) groups excluding carboxylic acids is 3. The Morgan fingerprint density at radius 3 is 2.23 bits per heavy atom. The molecule has 0 aromatic heterocycles. The third-order valence-corrected chi connectivity index (χ3v) is 3.16. The molecule has 0 amide bonds. The zero-order valence-corrected chi connectivity index (χ0v) is 12.3. The van der Waals surface area contributed by atoms with Gasteiger partial charge in [-0.1, -0.05) is 29.8 Å². The second-order valence-corrected chi connectivity index (χ2v) is 5.10. The molecule has 0 spiro atoms. The van der Waals surface area contributed by atoms with Gasteiger partial charge in [0.1, 0.15) is 0 Å². The van der Waals surface area contributed by atoms with Gasteiger partial charge in [0.2, 0.25) is 6.08 Å². The Morgan fingerprint density at radius 1 is 1.18 bits per heavy atom. The number of nitrogens with zero attached hydrogens (tertiary/aromatic N) is 2. The molecule has 1 aromatic carbocycles. The van der Waals surface area contributed by atoms with Crippen LogP contribution in [0.25, 0.3) is 0 Å². The lowest BCUT2D eigenvalue weighted by atomic mass is 9.74. The van der Waals surface area contributed by atoms with Gasteiger partial charge in [0.25, 0.3) is 0 Å². The molecule has 114 valence electrons. The second-order valence-electron chi connectivity index (χ2n) is 5.10. The van der Waals surface area contributed by atoms with Gasteiger partial charge in [-0.3, -0.25) is 14.5 Å². The zero-order valence-electron chi connectivity index (χ0n) is 12.3. The van der Waals surface area contributed by atoms with Crippen LogP contribution < -0.4 is 0 Å². The summed E-state index contributed by atoms with van der Waals surface area (Å²) in [7, 11) is 0.321. The summed E-state index contributed by atoms with van der Waals surface area (Å²) in [5.41, 5.74) is 1.61. The first-order valence-electron chi connectivity index (χ1n) is 6.70. The molecule has 0 aliphatic carbocycles. The molecule has 1 aliphatic rings. The molecule has 0 bridgehead atoms. The molecular formula is C14H15BN2O5. The number of hydrogen-bond acceptors (Lipinski definition) is 7. The molecule has 1 heterocycles. The van der Waals surface area contributed by atoms with Gasteiger partial charge >= 0.3 is 19.1 Å². The van der Waals surface area contributed by atoms with Gasteiger partial charge < -0.3 is 9.31 Å². The van der Waals surface area contributed by atoms with Crippen molar-refractivity contribution in [2.24, 2.45) is 4.99 Å². The van der Waals surface area contributed by atoms with E-state index in [1.54, 1.807) is 19.2 Å². The summed E-state index contributed by atoms with van der Waals surface area (Å²) in [6.45, 7) is 1.82. The first-order chi connectivity index (χ1) is 10.5. The lowest BCUT2D eigenvalue weighted by Crippen LogP contribution is -2.44. The summed E-state index contributed by atoms with van der Waals surface area (Å²) in [6.07, 6.45) is 1.43. The van der Waals surface area contributed by atoms with E-state index in [1.165, 1.54) is 11.0 Å². The van der Waals surface area contributed by atoms with Crippen molar-refractivity contribution in [3.05, 3.63) is 35.4 Å². The third kappa shape index (κ3) is 4.03. The molecule has 7 nitrogen and oxygen atoms in total. The monoisotopic (exact) mass is 302 g/mol. The highest BCUT2D eigenvalue weighted by Gasteiger charge is 2.41. The second kappa shape index (κ2) is 7.02. The van der Waals surface area contributed by atoms with Crippen LogP contribution in [0.5, 0.6) is 0 Å². The fourth-order valence-corrected chi connectivity index (χ4v) is 2.10. The van der Waals surface area contributed by atoms with E-state index in [4.69, 9.17) is 9.31 Å². The first kappa shape index (κ1) is 15.9. The van der Waals surface area contributed by atoms with Crippen LogP contribution in [0.1, 0.15) is 17.1 Å². The molecule has 22 heavy (non-hydrogen) atoms. The van der Waals surface area contributed by atoms with E-state index in [-0.39, 0.29) is 13.1 Å². The largest absolute Gasteiger partial charge is 0.630 e. The predicted molar refractivity (Wildman–Crippen MR) is 77.5 cm³/mol. The minimum Gasteiger partial charge on any atom is -0.497 e. The van der Waals surface area contributed by atoms with Crippen LogP contribution in [-0.2, 0) is 23.7 Å². The molecule has 1 fully saturated rings. The maximum Gasteiger partial charge on any atom is 0.630 e. The molecule has 8 heteroatoms. The van der Waals surface area contributed by atoms with Crippen molar-refractivity contribution in [2.45, 2.75) is 12.9 Å². The quantitative estimate of drug-likeness (QED) is 0.457. The number of aliphatic imine (C=N–C) groups is 1. The van der Waals surface area contributed by atoms with Crippen molar-refractivity contribution in [3.63, 3.8) is 0 Å². The van der Waals surface area contributed by atoms with Crippen LogP contribution in [0.15, 0.2) is 29.3 Å².